The molecule has 6 aromatic carbocycles. The van der Waals surface area contributed by atoms with E-state index >= 15 is 0 Å². The van der Waals surface area contributed by atoms with Crippen molar-refractivity contribution in [3.63, 3.8) is 0 Å². The first-order valence-corrected chi connectivity index (χ1v) is 30.7. The van der Waals surface area contributed by atoms with Crippen LogP contribution in [0.3, 0.4) is 0 Å². The summed E-state index contributed by atoms with van der Waals surface area (Å²) < 4.78 is 0. The summed E-state index contributed by atoms with van der Waals surface area (Å²) in [6.45, 7) is 45.6. The molecule has 0 fully saturated rings. The Hall–Kier alpha value is -5.08. The third-order valence-electron chi connectivity index (χ3n) is 19.1. The van der Waals surface area contributed by atoms with Crippen LogP contribution in [0.4, 0.5) is 28.4 Å². The number of hydrogen-bond acceptors (Lipinski definition) is 2. The van der Waals surface area contributed by atoms with E-state index in [4.69, 9.17) is 0 Å². The molecular weight excluding hydrogens is 917 g/mol. The van der Waals surface area contributed by atoms with E-state index in [1.807, 2.05) is 0 Å². The molecule has 2 heteroatoms. The molecule has 0 heterocycles. The minimum atomic E-state index is -0.0803. The van der Waals surface area contributed by atoms with Crippen LogP contribution in [0.5, 0.6) is 0 Å². The highest BCUT2D eigenvalue weighted by atomic mass is 15.2. The van der Waals surface area contributed by atoms with E-state index in [2.05, 4.69) is 251 Å². The first kappa shape index (κ1) is 58.6. The predicted octanol–water partition coefficient (Wildman–Crippen LogP) is 23.9. The first-order chi connectivity index (χ1) is 36.2. The zero-order valence-corrected chi connectivity index (χ0v) is 51.3. The second-order valence-corrected chi connectivity index (χ2v) is 25.2. The molecule has 6 aromatic rings. The molecule has 0 spiro atoms. The molecule has 1 aliphatic carbocycles. The van der Waals surface area contributed by atoms with Crippen molar-refractivity contribution in [1.82, 2.24) is 0 Å². The largest absolute Gasteiger partial charge is 0.310 e. The van der Waals surface area contributed by atoms with Crippen molar-refractivity contribution in [2.75, 3.05) is 9.80 Å². The molecule has 1 aliphatic rings. The summed E-state index contributed by atoms with van der Waals surface area (Å²) in [5.41, 5.74) is 19.1. The van der Waals surface area contributed by atoms with Gasteiger partial charge in [-0.05, 0) is 198 Å². The second kappa shape index (κ2) is 25.1. The quantitative estimate of drug-likeness (QED) is 0.0494. The van der Waals surface area contributed by atoms with Gasteiger partial charge in [-0.15, -0.1) is 0 Å². The molecule has 9 atom stereocenters. The molecule has 8 unspecified atom stereocenters. The molecular formula is C74H102N2. The van der Waals surface area contributed by atoms with Gasteiger partial charge in [0.05, 0.1) is 11.4 Å². The fraction of sp³-hybridized carbons (Fsp3) is 0.514. The summed E-state index contributed by atoms with van der Waals surface area (Å²) in [7, 11) is 0. The van der Waals surface area contributed by atoms with Gasteiger partial charge in [-0.25, -0.2) is 0 Å². The summed E-state index contributed by atoms with van der Waals surface area (Å²) in [6.07, 6.45) is 15.3. The minimum absolute atomic E-state index is 0.0803. The smallest absolute Gasteiger partial charge is 0.0619 e. The fourth-order valence-corrected chi connectivity index (χ4v) is 11.6. The van der Waals surface area contributed by atoms with E-state index in [9.17, 15) is 0 Å². The number of benzene rings is 6. The maximum Gasteiger partial charge on any atom is 0.0619 e. The van der Waals surface area contributed by atoms with Crippen molar-refractivity contribution in [2.24, 2.45) is 17.8 Å². The number of nitrogens with zero attached hydrogens (tertiary/aromatic N) is 2. The van der Waals surface area contributed by atoms with Gasteiger partial charge in [0, 0.05) is 44.3 Å². The van der Waals surface area contributed by atoms with Crippen molar-refractivity contribution in [1.29, 1.82) is 0 Å². The van der Waals surface area contributed by atoms with Crippen LogP contribution < -0.4 is 9.80 Å². The molecule has 0 radical (unpaired) electrons. The highest BCUT2D eigenvalue weighted by Crippen LogP contribution is 2.53. The second-order valence-electron chi connectivity index (χ2n) is 25.2. The van der Waals surface area contributed by atoms with Crippen molar-refractivity contribution in [3.8, 4) is 0 Å². The molecule has 0 aromatic heterocycles. The van der Waals surface area contributed by atoms with Crippen LogP contribution in [0.1, 0.15) is 264 Å². The molecule has 0 amide bonds. The van der Waals surface area contributed by atoms with E-state index in [1.54, 1.807) is 5.57 Å². The maximum absolute atomic E-state index is 2.77. The molecule has 0 N–H and O–H groups in total. The van der Waals surface area contributed by atoms with E-state index in [-0.39, 0.29) is 5.41 Å². The zero-order valence-electron chi connectivity index (χ0n) is 51.3. The van der Waals surface area contributed by atoms with Crippen LogP contribution in [-0.2, 0) is 5.41 Å². The Balaban J connectivity index is 1.77. The lowest BCUT2D eigenvalue weighted by Gasteiger charge is -2.37. The number of allylic oxidation sites excluding steroid dienone is 3. The first-order valence-electron chi connectivity index (χ1n) is 30.7. The van der Waals surface area contributed by atoms with E-state index in [0.29, 0.717) is 53.3 Å². The van der Waals surface area contributed by atoms with Gasteiger partial charge in [0.25, 0.3) is 0 Å². The Morgan fingerprint density at radius 3 is 1.12 bits per heavy atom. The number of rotatable bonds is 22. The molecule has 76 heavy (non-hydrogen) atoms. The van der Waals surface area contributed by atoms with Crippen LogP contribution in [-0.4, -0.2) is 0 Å². The fourth-order valence-electron chi connectivity index (χ4n) is 11.6. The molecule has 0 aliphatic heterocycles. The topological polar surface area (TPSA) is 6.48 Å². The maximum atomic E-state index is 2.77. The molecule has 2 nitrogen and oxygen atoms in total. The van der Waals surface area contributed by atoms with Gasteiger partial charge < -0.3 is 9.80 Å². The minimum Gasteiger partial charge on any atom is -0.310 e. The molecule has 408 valence electrons. The van der Waals surface area contributed by atoms with Gasteiger partial charge in [-0.1, -0.05) is 204 Å². The normalized spacial score (nSPS) is 17.4. The monoisotopic (exact) mass is 1020 g/mol. The molecule has 0 saturated heterocycles. The van der Waals surface area contributed by atoms with Crippen molar-refractivity contribution in [3.05, 3.63) is 159 Å². The van der Waals surface area contributed by atoms with Crippen LogP contribution in [0.25, 0.3) is 21.5 Å². The van der Waals surface area contributed by atoms with Gasteiger partial charge >= 0.3 is 0 Å². The Kier molecular flexibility index (Phi) is 19.4. The third-order valence-corrected chi connectivity index (χ3v) is 19.1. The highest BCUT2D eigenvalue weighted by molar-refractivity contribution is 6.23. The standard InChI is InChI=1S/C74H102N2/c1-20-47(9)55-34-56(48(10)21-2)39-64(38-55)75(65-40-57(49(11)22-3)35-58(41-65)50(12)23-4)72-68-30-28-29-31-69(68)73(71-46-63(74(17,18)19)32-33-70(71)72)76(66-42-59(51(13)24-5)36-60(43-66)52(14)25-6)67-44-61(53(15)26-7)37-62(45-67)54(16)27-8/h28-36,38-54,61H,20-27,37H2,1-19H3/t47?,48?,49?,50?,51-,52?,53?,54?,61?/m1/s1. The number of hydrogen-bond donors (Lipinski definition) is 0. The predicted molar refractivity (Wildman–Crippen MR) is 339 cm³/mol. The van der Waals surface area contributed by atoms with Gasteiger partial charge in [0.1, 0.15) is 0 Å². The highest BCUT2D eigenvalue weighted by Gasteiger charge is 2.32. The van der Waals surface area contributed by atoms with Gasteiger partial charge in [-0.2, -0.15) is 0 Å². The van der Waals surface area contributed by atoms with E-state index in [1.165, 1.54) is 94.6 Å². The van der Waals surface area contributed by atoms with Gasteiger partial charge in [-0.3, -0.25) is 0 Å². The summed E-state index contributed by atoms with van der Waals surface area (Å²) >= 11 is 0. The third kappa shape index (κ3) is 12.3. The number of anilines is 5. The Bertz CT molecular complexity index is 2840. The van der Waals surface area contributed by atoms with E-state index in [0.717, 1.165) is 57.8 Å². The molecule has 0 saturated carbocycles. The molecule has 7 rings (SSSR count). The van der Waals surface area contributed by atoms with Crippen molar-refractivity contribution >= 4 is 50.0 Å². The lowest BCUT2D eigenvalue weighted by Crippen LogP contribution is -2.24. The van der Waals surface area contributed by atoms with E-state index < -0.39 is 0 Å². The summed E-state index contributed by atoms with van der Waals surface area (Å²) in [6, 6.07) is 40.1. The zero-order chi connectivity index (χ0) is 55.3. The number of fused-ring (bicyclic) bond motifs is 2. The SMILES string of the molecule is CCC(C)C1=CC(N(c2cc(C(C)CC)cc([C@H](C)CC)c2)c2c3ccccc3c(N(c3cc(C(C)CC)cc(C(C)CC)c3)c3cc(C(C)CC)cc(C(C)CC)c3)c3ccc(C(C)(C)C)cc23)=CC(C(C)CC)C1. The molecule has 0 bridgehead atoms. The summed E-state index contributed by atoms with van der Waals surface area (Å²) in [4.78, 5) is 5.50. The van der Waals surface area contributed by atoms with Crippen molar-refractivity contribution < 1.29 is 0 Å². The van der Waals surface area contributed by atoms with Gasteiger partial charge in [0.15, 0.2) is 0 Å². The van der Waals surface area contributed by atoms with Crippen LogP contribution >= 0.6 is 0 Å². The average molecular weight is 1020 g/mol. The summed E-state index contributed by atoms with van der Waals surface area (Å²) in [5.74, 6) is 4.05. The van der Waals surface area contributed by atoms with Crippen LogP contribution in [0.15, 0.2) is 120 Å². The average Bonchev–Trinajstić information content (AvgIpc) is 3.49. The van der Waals surface area contributed by atoms with Crippen LogP contribution in [0, 0.1) is 17.8 Å². The lowest BCUT2D eigenvalue weighted by atomic mass is 9.78. The summed E-state index contributed by atoms with van der Waals surface area (Å²) in [5, 5.41) is 5.14. The van der Waals surface area contributed by atoms with Crippen molar-refractivity contribution in [2.45, 2.75) is 230 Å². The van der Waals surface area contributed by atoms with Crippen LogP contribution in [0.2, 0.25) is 0 Å². The Morgan fingerprint density at radius 1 is 0.408 bits per heavy atom. The lowest BCUT2D eigenvalue weighted by molar-refractivity contribution is 0.394. The van der Waals surface area contributed by atoms with Gasteiger partial charge in [0.2, 0.25) is 0 Å². The Morgan fingerprint density at radius 2 is 0.763 bits per heavy atom. The Labute approximate surface area is 464 Å².